The van der Waals surface area contributed by atoms with Crippen molar-refractivity contribution >= 4 is 11.0 Å². The van der Waals surface area contributed by atoms with Gasteiger partial charge in [0.15, 0.2) is 0 Å². The molecule has 0 saturated carbocycles. The van der Waals surface area contributed by atoms with Crippen LogP contribution in [-0.4, -0.2) is 9.97 Å². The lowest BCUT2D eigenvalue weighted by Gasteiger charge is -2.30. The first-order valence-corrected chi connectivity index (χ1v) is 16.2. The molecule has 2 heterocycles. The van der Waals surface area contributed by atoms with Gasteiger partial charge in [0.1, 0.15) is 0 Å². The van der Waals surface area contributed by atoms with Crippen molar-refractivity contribution in [1.82, 2.24) is 9.97 Å². The molecule has 2 aromatic heterocycles. The van der Waals surface area contributed by atoms with Gasteiger partial charge in [0.25, 0.3) is 0 Å². The molecule has 0 aliphatic heterocycles. The minimum atomic E-state index is -0.385. The summed E-state index contributed by atoms with van der Waals surface area (Å²) in [5.41, 5.74) is 18.6. The maximum absolute atomic E-state index is 5.29. The van der Waals surface area contributed by atoms with Gasteiger partial charge >= 0.3 is 0 Å². The number of pyridine rings is 2. The third-order valence-corrected chi connectivity index (χ3v) is 10.2. The summed E-state index contributed by atoms with van der Waals surface area (Å²) >= 11 is 0. The van der Waals surface area contributed by atoms with Crippen molar-refractivity contribution in [1.29, 1.82) is 0 Å². The Morgan fingerprint density at radius 1 is 0.383 bits per heavy atom. The van der Waals surface area contributed by atoms with Crippen LogP contribution in [0.2, 0.25) is 0 Å². The summed E-state index contributed by atoms with van der Waals surface area (Å²) in [6, 6.07) is 59.3. The molecular weight excluding hydrogens is 569 g/mol. The predicted molar refractivity (Wildman–Crippen MR) is 192 cm³/mol. The fourth-order valence-corrected chi connectivity index (χ4v) is 8.25. The minimum Gasteiger partial charge on any atom is -0.254 e. The minimum absolute atomic E-state index is 0.385. The first kappa shape index (κ1) is 26.1. The molecule has 0 bridgehead atoms. The molecular formula is C45H28N2. The molecule has 0 unspecified atom stereocenters. The molecule has 2 aliphatic rings. The van der Waals surface area contributed by atoms with Gasteiger partial charge in [-0.3, -0.25) is 4.98 Å². The van der Waals surface area contributed by atoms with Crippen LogP contribution in [0.5, 0.6) is 0 Å². The lowest BCUT2D eigenvalue weighted by molar-refractivity contribution is 0.794. The monoisotopic (exact) mass is 596 g/mol. The third kappa shape index (κ3) is 3.61. The zero-order valence-corrected chi connectivity index (χ0v) is 25.6. The van der Waals surface area contributed by atoms with E-state index in [0.717, 1.165) is 33.4 Å². The predicted octanol–water partition coefficient (Wildman–Crippen LogP) is 11.0. The van der Waals surface area contributed by atoms with Crippen LogP contribution in [0.15, 0.2) is 170 Å². The molecule has 1 spiro atoms. The quantitative estimate of drug-likeness (QED) is 0.203. The number of hydrogen-bond donors (Lipinski definition) is 0. The third-order valence-electron chi connectivity index (χ3n) is 10.2. The molecule has 6 aromatic carbocycles. The van der Waals surface area contributed by atoms with E-state index in [9.17, 15) is 0 Å². The summed E-state index contributed by atoms with van der Waals surface area (Å²) < 4.78 is 0. The van der Waals surface area contributed by atoms with Crippen LogP contribution >= 0.6 is 0 Å². The molecule has 0 radical (unpaired) electrons. The number of aromatic nitrogens is 2. The van der Waals surface area contributed by atoms with Crippen LogP contribution in [0.1, 0.15) is 22.3 Å². The average molecular weight is 597 g/mol. The van der Waals surface area contributed by atoms with Gasteiger partial charge in [-0.25, -0.2) is 4.98 Å². The molecule has 2 nitrogen and oxygen atoms in total. The van der Waals surface area contributed by atoms with Crippen LogP contribution < -0.4 is 0 Å². The normalized spacial score (nSPS) is 13.3. The fraction of sp³-hybridized carbons (Fsp3) is 0.0222. The second-order valence-corrected chi connectivity index (χ2v) is 12.5. The lowest BCUT2D eigenvalue weighted by atomic mass is 9.70. The van der Waals surface area contributed by atoms with E-state index in [1.807, 2.05) is 12.3 Å². The Hall–Kier alpha value is -6.12. The van der Waals surface area contributed by atoms with Crippen LogP contribution in [0.4, 0.5) is 0 Å². The van der Waals surface area contributed by atoms with Gasteiger partial charge in [0.2, 0.25) is 0 Å². The van der Waals surface area contributed by atoms with Crippen LogP contribution in [0, 0.1) is 0 Å². The van der Waals surface area contributed by atoms with Crippen molar-refractivity contribution in [2.24, 2.45) is 0 Å². The summed E-state index contributed by atoms with van der Waals surface area (Å²) in [5, 5.41) is 0. The molecule has 10 rings (SSSR count). The van der Waals surface area contributed by atoms with E-state index in [-0.39, 0.29) is 5.41 Å². The molecule has 0 saturated heterocycles. The van der Waals surface area contributed by atoms with Crippen LogP contribution in [0.3, 0.4) is 0 Å². The fourth-order valence-electron chi connectivity index (χ4n) is 8.25. The van der Waals surface area contributed by atoms with Gasteiger partial charge in [-0.1, -0.05) is 146 Å². The zero-order chi connectivity index (χ0) is 31.0. The van der Waals surface area contributed by atoms with Gasteiger partial charge < -0.3 is 0 Å². The molecule has 218 valence electrons. The SMILES string of the molecule is c1ccc(-c2ccc(-c3cc(-c4cccc5c4-c4ccccc4C54c5ccccc5-c5ccccc54)nc4cccnc34)cc2)cc1. The lowest BCUT2D eigenvalue weighted by Crippen LogP contribution is -2.25. The second-order valence-electron chi connectivity index (χ2n) is 12.5. The van der Waals surface area contributed by atoms with Gasteiger partial charge in [-0.2, -0.15) is 0 Å². The highest BCUT2D eigenvalue weighted by atomic mass is 14.8. The number of benzene rings is 6. The topological polar surface area (TPSA) is 25.8 Å². The van der Waals surface area contributed by atoms with E-state index in [2.05, 4.69) is 158 Å². The second kappa shape index (κ2) is 9.94. The molecule has 47 heavy (non-hydrogen) atoms. The standard InChI is InChI=1S/C45H28N2/c1-2-12-29(13-3-1)30-23-25-31(26-24-30)36-28-42(47-41-22-11-27-46-44(36)41)35-17-10-21-40-43(35)34-16-6-9-20-39(34)45(40)37-18-7-4-14-32(37)33-15-5-8-19-38(33)45/h1-28H. The molecule has 2 aliphatic carbocycles. The number of hydrogen-bond acceptors (Lipinski definition) is 2. The van der Waals surface area contributed by atoms with Crippen molar-refractivity contribution in [2.45, 2.75) is 5.41 Å². The molecule has 0 atom stereocenters. The Morgan fingerprint density at radius 3 is 1.66 bits per heavy atom. The number of nitrogens with zero attached hydrogens (tertiary/aromatic N) is 2. The molecule has 0 N–H and O–H groups in total. The molecule has 8 aromatic rings. The molecule has 2 heteroatoms. The van der Waals surface area contributed by atoms with Crippen molar-refractivity contribution in [3.05, 3.63) is 192 Å². The van der Waals surface area contributed by atoms with Gasteiger partial charge in [0.05, 0.1) is 22.1 Å². The van der Waals surface area contributed by atoms with Crippen LogP contribution in [0.25, 0.3) is 66.8 Å². The first-order valence-electron chi connectivity index (χ1n) is 16.2. The van der Waals surface area contributed by atoms with E-state index in [0.29, 0.717) is 0 Å². The number of rotatable bonds is 3. The highest BCUT2D eigenvalue weighted by molar-refractivity contribution is 6.01. The zero-order valence-electron chi connectivity index (χ0n) is 25.6. The van der Waals surface area contributed by atoms with E-state index in [1.165, 1.54) is 55.6 Å². The van der Waals surface area contributed by atoms with Gasteiger partial charge in [0, 0.05) is 17.3 Å². The Balaban J connectivity index is 1.23. The summed E-state index contributed by atoms with van der Waals surface area (Å²) in [7, 11) is 0. The highest BCUT2D eigenvalue weighted by Crippen LogP contribution is 2.63. The van der Waals surface area contributed by atoms with Crippen LogP contribution in [-0.2, 0) is 5.41 Å². The van der Waals surface area contributed by atoms with E-state index in [1.54, 1.807) is 0 Å². The summed E-state index contributed by atoms with van der Waals surface area (Å²) in [6.45, 7) is 0. The van der Waals surface area contributed by atoms with Crippen molar-refractivity contribution in [3.8, 4) is 55.8 Å². The molecule has 0 amide bonds. The largest absolute Gasteiger partial charge is 0.254 e. The smallest absolute Gasteiger partial charge is 0.0965 e. The summed E-state index contributed by atoms with van der Waals surface area (Å²) in [6.07, 6.45) is 1.86. The Morgan fingerprint density at radius 2 is 0.936 bits per heavy atom. The number of fused-ring (bicyclic) bond motifs is 11. The maximum atomic E-state index is 5.29. The van der Waals surface area contributed by atoms with Crippen molar-refractivity contribution in [2.75, 3.05) is 0 Å². The van der Waals surface area contributed by atoms with Gasteiger partial charge in [-0.15, -0.1) is 0 Å². The van der Waals surface area contributed by atoms with Crippen molar-refractivity contribution in [3.63, 3.8) is 0 Å². The van der Waals surface area contributed by atoms with Crippen molar-refractivity contribution < 1.29 is 0 Å². The summed E-state index contributed by atoms with van der Waals surface area (Å²) in [5.74, 6) is 0. The Labute approximate surface area is 273 Å². The Kier molecular flexibility index (Phi) is 5.53. The van der Waals surface area contributed by atoms with Gasteiger partial charge in [-0.05, 0) is 79.4 Å². The van der Waals surface area contributed by atoms with E-state index >= 15 is 0 Å². The molecule has 0 fully saturated rings. The van der Waals surface area contributed by atoms with E-state index < -0.39 is 0 Å². The average Bonchev–Trinajstić information content (AvgIpc) is 3.62. The highest BCUT2D eigenvalue weighted by Gasteiger charge is 2.52. The summed E-state index contributed by atoms with van der Waals surface area (Å²) in [4.78, 5) is 10.1. The first-order chi connectivity index (χ1) is 23.3. The van der Waals surface area contributed by atoms with E-state index in [4.69, 9.17) is 9.97 Å². The maximum Gasteiger partial charge on any atom is 0.0965 e. The Bertz CT molecular complexity index is 2470.